The molecule has 0 atom stereocenters. The average Bonchev–Trinajstić information content (AvgIpc) is 3.03. The molecule has 0 aliphatic rings. The summed E-state index contributed by atoms with van der Waals surface area (Å²) in [4.78, 5) is 11.9. The molecule has 3 aromatic rings. The fourth-order valence-corrected chi connectivity index (χ4v) is 1.90. The van der Waals surface area contributed by atoms with Gasteiger partial charge in [0.1, 0.15) is 11.6 Å². The molecule has 2 aromatic carbocycles. The molecule has 1 heterocycles. The van der Waals surface area contributed by atoms with Crippen LogP contribution in [-0.2, 0) is 4.79 Å². The number of carbonyl (C=O) groups excluding carboxylic acids is 1. The summed E-state index contributed by atoms with van der Waals surface area (Å²) in [7, 11) is 0. The van der Waals surface area contributed by atoms with Crippen LogP contribution in [0.4, 0.5) is 10.2 Å². The molecule has 0 bridgehead atoms. The fraction of sp³-hybridized carbons (Fsp3) is 0.0625. The van der Waals surface area contributed by atoms with E-state index in [9.17, 15) is 9.18 Å². The van der Waals surface area contributed by atoms with Crippen LogP contribution in [-0.4, -0.2) is 22.8 Å². The predicted molar refractivity (Wildman–Crippen MR) is 80.3 cm³/mol. The molecule has 0 spiro atoms. The smallest absolute Gasteiger partial charge is 0.263 e. The summed E-state index contributed by atoms with van der Waals surface area (Å²) in [6.07, 6.45) is 0. The Labute approximate surface area is 130 Å². The first-order chi connectivity index (χ1) is 11.2. The van der Waals surface area contributed by atoms with E-state index in [-0.39, 0.29) is 18.2 Å². The predicted octanol–water partition coefficient (Wildman–Crippen LogP) is 2.89. The van der Waals surface area contributed by atoms with Gasteiger partial charge in [-0.2, -0.15) is 0 Å². The lowest BCUT2D eigenvalue weighted by Gasteiger charge is -2.06. The second-order valence-corrected chi connectivity index (χ2v) is 4.62. The Morgan fingerprint density at radius 2 is 1.83 bits per heavy atom. The summed E-state index contributed by atoms with van der Waals surface area (Å²) in [6, 6.07) is 14.6. The standard InChI is InChI=1S/C16H12FN3O3/c17-12-6-8-13(9-7-12)22-10-14(21)18-16-15(19-23-20-16)11-4-2-1-3-5-11/h1-9H,10H2,(H,18,20,21). The van der Waals surface area contributed by atoms with Crippen molar-refractivity contribution < 1.29 is 18.6 Å². The Bertz CT molecular complexity index is 788. The number of aromatic nitrogens is 2. The quantitative estimate of drug-likeness (QED) is 0.783. The van der Waals surface area contributed by atoms with Crippen molar-refractivity contribution in [3.8, 4) is 17.0 Å². The first-order valence-electron chi connectivity index (χ1n) is 6.78. The van der Waals surface area contributed by atoms with Crippen LogP contribution in [0, 0.1) is 5.82 Å². The third-order valence-electron chi connectivity index (χ3n) is 2.98. The zero-order valence-corrected chi connectivity index (χ0v) is 11.9. The first-order valence-corrected chi connectivity index (χ1v) is 6.78. The second-order valence-electron chi connectivity index (χ2n) is 4.62. The van der Waals surface area contributed by atoms with Crippen LogP contribution in [0.3, 0.4) is 0 Å². The average molecular weight is 313 g/mol. The van der Waals surface area contributed by atoms with E-state index in [0.29, 0.717) is 11.4 Å². The topological polar surface area (TPSA) is 77.2 Å². The third kappa shape index (κ3) is 3.70. The Hall–Kier alpha value is -3.22. The molecular formula is C16H12FN3O3. The number of nitrogens with zero attached hydrogens (tertiary/aromatic N) is 2. The van der Waals surface area contributed by atoms with E-state index in [0.717, 1.165) is 5.56 Å². The minimum Gasteiger partial charge on any atom is -0.484 e. The van der Waals surface area contributed by atoms with Gasteiger partial charge in [-0.25, -0.2) is 9.02 Å². The normalized spacial score (nSPS) is 10.3. The lowest BCUT2D eigenvalue weighted by Crippen LogP contribution is -2.20. The van der Waals surface area contributed by atoms with Gasteiger partial charge in [0.2, 0.25) is 5.82 Å². The maximum absolute atomic E-state index is 12.8. The zero-order chi connectivity index (χ0) is 16.1. The fourth-order valence-electron chi connectivity index (χ4n) is 1.90. The molecule has 1 amide bonds. The molecule has 0 saturated carbocycles. The monoisotopic (exact) mass is 313 g/mol. The summed E-state index contributed by atoms with van der Waals surface area (Å²) >= 11 is 0. The van der Waals surface area contributed by atoms with Crippen molar-refractivity contribution in [2.75, 3.05) is 11.9 Å². The van der Waals surface area contributed by atoms with Crippen LogP contribution in [0.1, 0.15) is 0 Å². The van der Waals surface area contributed by atoms with Crippen molar-refractivity contribution in [1.29, 1.82) is 0 Å². The minimum atomic E-state index is -0.429. The van der Waals surface area contributed by atoms with E-state index in [4.69, 9.17) is 4.74 Å². The van der Waals surface area contributed by atoms with Gasteiger partial charge in [-0.1, -0.05) is 30.3 Å². The summed E-state index contributed by atoms with van der Waals surface area (Å²) in [6.45, 7) is -0.243. The minimum absolute atomic E-state index is 0.212. The van der Waals surface area contributed by atoms with Gasteiger partial charge in [-0.05, 0) is 34.6 Å². The van der Waals surface area contributed by atoms with Gasteiger partial charge in [0.25, 0.3) is 5.91 Å². The summed E-state index contributed by atoms with van der Waals surface area (Å²) < 4.78 is 22.7. The Morgan fingerprint density at radius 1 is 1.09 bits per heavy atom. The SMILES string of the molecule is O=C(COc1ccc(F)cc1)Nc1nonc1-c1ccccc1. The summed E-state index contributed by atoms with van der Waals surface area (Å²) in [5.41, 5.74) is 1.20. The highest BCUT2D eigenvalue weighted by atomic mass is 19.1. The van der Waals surface area contributed by atoms with Crippen LogP contribution < -0.4 is 10.1 Å². The van der Waals surface area contributed by atoms with Gasteiger partial charge in [0.15, 0.2) is 12.3 Å². The maximum atomic E-state index is 12.8. The third-order valence-corrected chi connectivity index (χ3v) is 2.98. The molecule has 23 heavy (non-hydrogen) atoms. The van der Waals surface area contributed by atoms with Gasteiger partial charge >= 0.3 is 0 Å². The lowest BCUT2D eigenvalue weighted by atomic mass is 10.1. The Balaban J connectivity index is 1.63. The summed E-state index contributed by atoms with van der Waals surface area (Å²) in [5, 5.41) is 10.0. The number of hydrogen-bond donors (Lipinski definition) is 1. The van der Waals surface area contributed by atoms with Crippen LogP contribution in [0.25, 0.3) is 11.3 Å². The van der Waals surface area contributed by atoms with Crippen molar-refractivity contribution in [3.05, 3.63) is 60.4 Å². The van der Waals surface area contributed by atoms with Crippen LogP contribution in [0.5, 0.6) is 5.75 Å². The van der Waals surface area contributed by atoms with E-state index < -0.39 is 5.91 Å². The number of anilines is 1. The van der Waals surface area contributed by atoms with Crippen molar-refractivity contribution in [2.24, 2.45) is 0 Å². The van der Waals surface area contributed by atoms with E-state index in [1.807, 2.05) is 30.3 Å². The molecule has 0 aliphatic heterocycles. The zero-order valence-electron chi connectivity index (χ0n) is 11.9. The van der Waals surface area contributed by atoms with Crippen molar-refractivity contribution in [3.63, 3.8) is 0 Å². The van der Waals surface area contributed by atoms with Crippen LogP contribution in [0.2, 0.25) is 0 Å². The molecule has 0 fully saturated rings. The highest BCUT2D eigenvalue weighted by Gasteiger charge is 2.15. The molecule has 0 saturated heterocycles. The molecule has 116 valence electrons. The number of halogens is 1. The van der Waals surface area contributed by atoms with Gasteiger partial charge < -0.3 is 10.1 Å². The Kier molecular flexibility index (Phi) is 4.28. The molecular weight excluding hydrogens is 301 g/mol. The Morgan fingerprint density at radius 3 is 2.57 bits per heavy atom. The van der Waals surface area contributed by atoms with Crippen LogP contribution >= 0.6 is 0 Å². The van der Waals surface area contributed by atoms with E-state index in [2.05, 4.69) is 20.3 Å². The van der Waals surface area contributed by atoms with E-state index in [1.54, 1.807) is 0 Å². The van der Waals surface area contributed by atoms with Crippen LogP contribution in [0.15, 0.2) is 59.2 Å². The van der Waals surface area contributed by atoms with Gasteiger partial charge in [-0.3, -0.25) is 4.79 Å². The summed E-state index contributed by atoms with van der Waals surface area (Å²) in [5.74, 6) is -0.197. The molecule has 7 heteroatoms. The number of nitrogens with one attached hydrogen (secondary N) is 1. The first kappa shape index (κ1) is 14.7. The molecule has 0 unspecified atom stereocenters. The number of carbonyl (C=O) groups is 1. The van der Waals surface area contributed by atoms with Gasteiger partial charge in [0, 0.05) is 5.56 Å². The largest absolute Gasteiger partial charge is 0.484 e. The highest BCUT2D eigenvalue weighted by Crippen LogP contribution is 2.23. The molecule has 0 radical (unpaired) electrons. The molecule has 6 nitrogen and oxygen atoms in total. The number of benzene rings is 2. The highest BCUT2D eigenvalue weighted by molar-refractivity contribution is 5.94. The van der Waals surface area contributed by atoms with Crippen molar-refractivity contribution >= 4 is 11.7 Å². The van der Waals surface area contributed by atoms with Crippen molar-refractivity contribution in [2.45, 2.75) is 0 Å². The number of amides is 1. The number of ether oxygens (including phenoxy) is 1. The molecule has 1 N–H and O–H groups in total. The van der Waals surface area contributed by atoms with E-state index >= 15 is 0 Å². The van der Waals surface area contributed by atoms with Gasteiger partial charge in [0.05, 0.1) is 0 Å². The number of hydrogen-bond acceptors (Lipinski definition) is 5. The molecule has 0 aliphatic carbocycles. The maximum Gasteiger partial charge on any atom is 0.263 e. The second kappa shape index (κ2) is 6.69. The van der Waals surface area contributed by atoms with Crippen molar-refractivity contribution in [1.82, 2.24) is 10.3 Å². The van der Waals surface area contributed by atoms with E-state index in [1.165, 1.54) is 24.3 Å². The lowest BCUT2D eigenvalue weighted by molar-refractivity contribution is -0.118. The number of rotatable bonds is 5. The molecule has 3 rings (SSSR count). The molecule has 1 aromatic heterocycles. The van der Waals surface area contributed by atoms with Gasteiger partial charge in [-0.15, -0.1) is 0 Å².